The molecule has 1 N–H and O–H groups in total. The lowest BCUT2D eigenvalue weighted by molar-refractivity contribution is -0.136. The van der Waals surface area contributed by atoms with Gasteiger partial charge in [0.2, 0.25) is 0 Å². The largest absolute Gasteiger partial charge is 0.495 e. The molecule has 27 heavy (non-hydrogen) atoms. The number of nitrogens with zero attached hydrogens (tertiary/aromatic N) is 1. The van der Waals surface area contributed by atoms with Gasteiger partial charge in [0.15, 0.2) is 0 Å². The van der Waals surface area contributed by atoms with Gasteiger partial charge in [0.05, 0.1) is 23.4 Å². The zero-order valence-corrected chi connectivity index (χ0v) is 16.0. The number of rotatable bonds is 6. The van der Waals surface area contributed by atoms with Crippen LogP contribution in [-0.4, -0.2) is 30.4 Å². The highest BCUT2D eigenvalue weighted by Gasteiger charge is 2.39. The van der Waals surface area contributed by atoms with Gasteiger partial charge < -0.3 is 10.1 Å². The van der Waals surface area contributed by atoms with Gasteiger partial charge in [0.1, 0.15) is 11.4 Å². The molecule has 1 aliphatic heterocycles. The summed E-state index contributed by atoms with van der Waals surface area (Å²) >= 11 is 12.3. The fourth-order valence-corrected chi connectivity index (χ4v) is 3.31. The normalized spacial score (nSPS) is 14.0. The molecule has 5 nitrogen and oxygen atoms in total. The van der Waals surface area contributed by atoms with Gasteiger partial charge in [0, 0.05) is 17.1 Å². The lowest BCUT2D eigenvalue weighted by atomic mass is 10.0. The van der Waals surface area contributed by atoms with Crippen molar-refractivity contribution in [2.75, 3.05) is 19.0 Å². The van der Waals surface area contributed by atoms with E-state index in [0.29, 0.717) is 22.0 Å². The molecular weight excluding hydrogens is 387 g/mol. The molecule has 0 unspecified atom stereocenters. The van der Waals surface area contributed by atoms with Crippen molar-refractivity contribution in [1.29, 1.82) is 0 Å². The maximum atomic E-state index is 12.9. The van der Waals surface area contributed by atoms with E-state index in [9.17, 15) is 9.59 Å². The number of anilines is 1. The lowest BCUT2D eigenvalue weighted by Gasteiger charge is -2.13. The van der Waals surface area contributed by atoms with E-state index in [1.807, 2.05) is 0 Å². The SMILES string of the molecule is C=CCN1C(=O)C(Nc2ccccc2OC)=C(c2ccc(Cl)cc2Cl)C1=O. The molecule has 0 bridgehead atoms. The molecular formula is C20H16Cl2N2O3. The van der Waals surface area contributed by atoms with Crippen molar-refractivity contribution >= 4 is 46.3 Å². The predicted molar refractivity (Wildman–Crippen MR) is 107 cm³/mol. The smallest absolute Gasteiger partial charge is 0.278 e. The minimum atomic E-state index is -0.466. The summed E-state index contributed by atoms with van der Waals surface area (Å²) in [6.45, 7) is 3.69. The number of methoxy groups -OCH3 is 1. The van der Waals surface area contributed by atoms with Gasteiger partial charge in [-0.25, -0.2) is 0 Å². The van der Waals surface area contributed by atoms with Crippen LogP contribution in [0.4, 0.5) is 5.69 Å². The molecule has 0 radical (unpaired) electrons. The number of nitrogens with one attached hydrogen (secondary N) is 1. The molecule has 1 heterocycles. The number of para-hydroxylation sites is 2. The zero-order valence-electron chi connectivity index (χ0n) is 14.5. The Bertz CT molecular complexity index is 969. The van der Waals surface area contributed by atoms with Crippen molar-refractivity contribution in [2.45, 2.75) is 0 Å². The molecule has 138 valence electrons. The first-order chi connectivity index (χ1) is 13.0. The summed E-state index contributed by atoms with van der Waals surface area (Å²) in [4.78, 5) is 26.9. The molecule has 0 aromatic heterocycles. The Morgan fingerprint density at radius 3 is 2.56 bits per heavy atom. The molecule has 7 heteroatoms. The maximum Gasteiger partial charge on any atom is 0.278 e. The first-order valence-corrected chi connectivity index (χ1v) is 8.80. The van der Waals surface area contributed by atoms with Crippen LogP contribution in [-0.2, 0) is 9.59 Å². The molecule has 0 aliphatic carbocycles. The second kappa shape index (κ2) is 7.86. The standard InChI is InChI=1S/C20H16Cl2N2O3/c1-3-10-24-19(25)17(13-9-8-12(21)11-14(13)22)18(20(24)26)23-15-6-4-5-7-16(15)27-2/h3-9,11,23H,1,10H2,2H3. The second-order valence-electron chi connectivity index (χ2n) is 5.71. The summed E-state index contributed by atoms with van der Waals surface area (Å²) < 4.78 is 5.32. The quantitative estimate of drug-likeness (QED) is 0.575. The summed E-state index contributed by atoms with van der Waals surface area (Å²) in [5.74, 6) is -0.387. The molecule has 2 aromatic rings. The predicted octanol–water partition coefficient (Wildman–Crippen LogP) is 4.38. The van der Waals surface area contributed by atoms with E-state index < -0.39 is 11.8 Å². The zero-order chi connectivity index (χ0) is 19.6. The van der Waals surface area contributed by atoms with Gasteiger partial charge in [0.25, 0.3) is 11.8 Å². The van der Waals surface area contributed by atoms with Crippen LogP contribution >= 0.6 is 23.2 Å². The van der Waals surface area contributed by atoms with Crippen LogP contribution in [0.1, 0.15) is 5.56 Å². The number of imide groups is 1. The number of carbonyl (C=O) groups excluding carboxylic acids is 2. The van der Waals surface area contributed by atoms with E-state index in [1.165, 1.54) is 19.3 Å². The molecule has 2 aromatic carbocycles. The van der Waals surface area contributed by atoms with E-state index in [-0.39, 0.29) is 22.8 Å². The Labute approximate surface area is 166 Å². The molecule has 0 saturated heterocycles. The highest BCUT2D eigenvalue weighted by atomic mass is 35.5. The van der Waals surface area contributed by atoms with Gasteiger partial charge in [-0.15, -0.1) is 6.58 Å². The van der Waals surface area contributed by atoms with Crippen LogP contribution < -0.4 is 10.1 Å². The second-order valence-corrected chi connectivity index (χ2v) is 6.55. The van der Waals surface area contributed by atoms with E-state index in [0.717, 1.165) is 4.90 Å². The van der Waals surface area contributed by atoms with Crippen LogP contribution in [0, 0.1) is 0 Å². The topological polar surface area (TPSA) is 58.6 Å². The van der Waals surface area contributed by atoms with Gasteiger partial charge in [-0.2, -0.15) is 0 Å². The van der Waals surface area contributed by atoms with Crippen molar-refractivity contribution in [3.63, 3.8) is 0 Å². The fraction of sp³-hybridized carbons (Fsp3) is 0.100. The number of carbonyl (C=O) groups is 2. The number of hydrogen-bond acceptors (Lipinski definition) is 4. The Hall–Kier alpha value is -2.76. The van der Waals surface area contributed by atoms with E-state index >= 15 is 0 Å². The van der Waals surface area contributed by atoms with E-state index in [4.69, 9.17) is 27.9 Å². The number of halogens is 2. The van der Waals surface area contributed by atoms with Crippen LogP contribution in [0.3, 0.4) is 0 Å². The highest BCUT2D eigenvalue weighted by molar-refractivity contribution is 6.41. The molecule has 3 rings (SSSR count). The van der Waals surface area contributed by atoms with Crippen molar-refractivity contribution in [2.24, 2.45) is 0 Å². The molecule has 0 atom stereocenters. The van der Waals surface area contributed by atoms with Gasteiger partial charge in [-0.3, -0.25) is 14.5 Å². The van der Waals surface area contributed by atoms with Crippen LogP contribution in [0.15, 0.2) is 60.8 Å². The number of benzene rings is 2. The van der Waals surface area contributed by atoms with Crippen molar-refractivity contribution in [3.8, 4) is 5.75 Å². The Morgan fingerprint density at radius 2 is 1.89 bits per heavy atom. The van der Waals surface area contributed by atoms with Crippen LogP contribution in [0.25, 0.3) is 5.57 Å². The summed E-state index contributed by atoms with van der Waals surface area (Å²) in [6, 6.07) is 11.9. The van der Waals surface area contributed by atoms with Crippen molar-refractivity contribution < 1.29 is 14.3 Å². The van der Waals surface area contributed by atoms with E-state index in [1.54, 1.807) is 36.4 Å². The van der Waals surface area contributed by atoms with Gasteiger partial charge in [-0.05, 0) is 24.3 Å². The first kappa shape index (κ1) is 19.0. The number of amides is 2. The number of ether oxygens (including phenoxy) is 1. The Morgan fingerprint density at radius 1 is 1.15 bits per heavy atom. The molecule has 1 aliphatic rings. The molecule has 2 amide bonds. The summed E-state index contributed by atoms with van der Waals surface area (Å²) in [5.41, 5.74) is 1.27. The number of hydrogen-bond donors (Lipinski definition) is 1. The van der Waals surface area contributed by atoms with Crippen LogP contribution in [0.2, 0.25) is 10.0 Å². The van der Waals surface area contributed by atoms with Crippen molar-refractivity contribution in [1.82, 2.24) is 4.90 Å². The minimum absolute atomic E-state index is 0.0868. The van der Waals surface area contributed by atoms with E-state index in [2.05, 4.69) is 11.9 Å². The molecule has 0 fully saturated rings. The Balaban J connectivity index is 2.16. The third-order valence-corrected chi connectivity index (χ3v) is 4.59. The summed E-state index contributed by atoms with van der Waals surface area (Å²) in [7, 11) is 1.53. The fourth-order valence-electron chi connectivity index (χ4n) is 2.81. The third kappa shape index (κ3) is 3.56. The van der Waals surface area contributed by atoms with Gasteiger partial charge >= 0.3 is 0 Å². The minimum Gasteiger partial charge on any atom is -0.495 e. The van der Waals surface area contributed by atoms with Crippen molar-refractivity contribution in [3.05, 3.63) is 76.4 Å². The van der Waals surface area contributed by atoms with Crippen LogP contribution in [0.5, 0.6) is 5.75 Å². The van der Waals surface area contributed by atoms with Gasteiger partial charge in [-0.1, -0.05) is 47.5 Å². The summed E-state index contributed by atoms with van der Waals surface area (Å²) in [5, 5.41) is 3.75. The maximum absolute atomic E-state index is 12.9. The Kier molecular flexibility index (Phi) is 5.54. The highest BCUT2D eigenvalue weighted by Crippen LogP contribution is 2.36. The average molecular weight is 403 g/mol. The summed E-state index contributed by atoms with van der Waals surface area (Å²) in [6.07, 6.45) is 1.49. The molecule has 0 spiro atoms. The third-order valence-electron chi connectivity index (χ3n) is 4.05. The lowest BCUT2D eigenvalue weighted by Crippen LogP contribution is -2.32. The monoisotopic (exact) mass is 402 g/mol. The first-order valence-electron chi connectivity index (χ1n) is 8.04. The average Bonchev–Trinajstić information content (AvgIpc) is 2.87. The molecule has 0 saturated carbocycles.